The normalized spacial score (nSPS) is 29.9. The van der Waals surface area contributed by atoms with Gasteiger partial charge in [0.2, 0.25) is 11.8 Å². The van der Waals surface area contributed by atoms with Crippen molar-refractivity contribution in [2.75, 3.05) is 11.9 Å². The Hall–Kier alpha value is -3.55. The second-order valence-corrected chi connectivity index (χ2v) is 11.2. The third-order valence-electron chi connectivity index (χ3n) is 8.38. The van der Waals surface area contributed by atoms with Crippen molar-refractivity contribution in [3.8, 4) is 0 Å². The van der Waals surface area contributed by atoms with E-state index in [0.29, 0.717) is 24.2 Å². The van der Waals surface area contributed by atoms with Gasteiger partial charge in [0.1, 0.15) is 29.5 Å². The number of carbonyl (C=O) groups is 3. The molecule has 4 rings (SSSR count). The molecule has 216 valence electrons. The number of aliphatic carboxylic acids is 1. The fraction of sp³-hybridized carbons (Fsp3) is 0.531. The summed E-state index contributed by atoms with van der Waals surface area (Å²) in [7, 11) is 0. The molecule has 3 aliphatic rings. The summed E-state index contributed by atoms with van der Waals surface area (Å²) >= 11 is 0. The molecule has 0 radical (unpaired) electrons. The summed E-state index contributed by atoms with van der Waals surface area (Å²) in [6, 6.07) is 8.29. The number of anilines is 1. The number of hydrogen-bond acceptors (Lipinski definition) is 5. The average molecular weight is 550 g/mol. The third-order valence-corrected chi connectivity index (χ3v) is 8.38. The molecule has 8 nitrogen and oxygen atoms in total. The molecule has 2 heterocycles. The Morgan fingerprint density at radius 3 is 2.50 bits per heavy atom. The van der Waals surface area contributed by atoms with Gasteiger partial charge in [-0.15, -0.1) is 0 Å². The van der Waals surface area contributed by atoms with Crippen LogP contribution in [0.4, 0.5) is 5.69 Å². The summed E-state index contributed by atoms with van der Waals surface area (Å²) < 4.78 is 6.28. The molecule has 5 atom stereocenters. The molecule has 1 aromatic carbocycles. The van der Waals surface area contributed by atoms with E-state index in [2.05, 4.69) is 17.2 Å². The minimum atomic E-state index is -1.25. The van der Waals surface area contributed by atoms with Crippen LogP contribution in [0.5, 0.6) is 0 Å². The number of ether oxygens (including phenoxy) is 1. The van der Waals surface area contributed by atoms with Crippen molar-refractivity contribution in [2.24, 2.45) is 5.92 Å². The lowest BCUT2D eigenvalue weighted by atomic mass is 10.0. The lowest BCUT2D eigenvalue weighted by Gasteiger charge is -2.30. The highest BCUT2D eigenvalue weighted by Crippen LogP contribution is 2.47. The van der Waals surface area contributed by atoms with Gasteiger partial charge in [0.15, 0.2) is 0 Å². The summed E-state index contributed by atoms with van der Waals surface area (Å²) in [6.45, 7) is 8.06. The fourth-order valence-corrected chi connectivity index (χ4v) is 6.08. The molecule has 3 fully saturated rings. The van der Waals surface area contributed by atoms with Crippen molar-refractivity contribution >= 4 is 23.5 Å². The number of benzene rings is 1. The van der Waals surface area contributed by atoms with Gasteiger partial charge in [-0.25, -0.2) is 4.79 Å². The first-order valence-electron chi connectivity index (χ1n) is 14.6. The van der Waals surface area contributed by atoms with Crippen molar-refractivity contribution in [3.05, 3.63) is 66.5 Å². The highest BCUT2D eigenvalue weighted by atomic mass is 16.5. The monoisotopic (exact) mass is 549 g/mol. The zero-order valence-corrected chi connectivity index (χ0v) is 23.7. The molecular weight excluding hydrogens is 506 g/mol. The Morgan fingerprint density at radius 2 is 1.82 bits per heavy atom. The molecule has 1 aliphatic carbocycles. The molecule has 8 heteroatoms. The van der Waals surface area contributed by atoms with Crippen molar-refractivity contribution in [1.29, 1.82) is 0 Å². The maximum atomic E-state index is 14.1. The molecule has 2 amide bonds. The molecular formula is C32H43N3O5. The van der Waals surface area contributed by atoms with Gasteiger partial charge in [0, 0.05) is 17.7 Å². The largest absolute Gasteiger partial charge is 0.488 e. The topological polar surface area (TPSA) is 108 Å². The van der Waals surface area contributed by atoms with Crippen LogP contribution in [-0.4, -0.2) is 58.1 Å². The smallest absolute Gasteiger partial charge is 0.329 e. The Balaban J connectivity index is 1.62. The van der Waals surface area contributed by atoms with Gasteiger partial charge in [-0.2, -0.15) is 0 Å². The maximum Gasteiger partial charge on any atom is 0.329 e. The SMILES string of the molecule is C=C(/C=C\C)/C(=C\C)O[C@@H]1C[C@H]2C(=O)N[C@]3(C(=O)O)C[C@H]3CCCCCCC[C@H](Nc3ccccc3)C(=O)N2C1. The van der Waals surface area contributed by atoms with Gasteiger partial charge in [0.25, 0.3) is 0 Å². The van der Waals surface area contributed by atoms with Crippen molar-refractivity contribution < 1.29 is 24.2 Å². The predicted molar refractivity (Wildman–Crippen MR) is 155 cm³/mol. The van der Waals surface area contributed by atoms with E-state index in [-0.39, 0.29) is 24.8 Å². The highest BCUT2D eigenvalue weighted by molar-refractivity contribution is 5.95. The first-order chi connectivity index (χ1) is 19.3. The number of hydrogen-bond donors (Lipinski definition) is 3. The number of para-hydroxylation sites is 1. The summed E-state index contributed by atoms with van der Waals surface area (Å²) in [5.41, 5.74) is 0.303. The van der Waals surface area contributed by atoms with E-state index in [9.17, 15) is 19.5 Å². The third kappa shape index (κ3) is 6.77. The molecule has 1 aromatic rings. The summed E-state index contributed by atoms with van der Waals surface area (Å²) in [6.07, 6.45) is 12.1. The zero-order chi connectivity index (χ0) is 28.7. The molecule has 2 aliphatic heterocycles. The minimum Gasteiger partial charge on any atom is -0.488 e. The van der Waals surface area contributed by atoms with Gasteiger partial charge >= 0.3 is 5.97 Å². The number of nitrogens with zero attached hydrogens (tertiary/aromatic N) is 1. The molecule has 2 saturated heterocycles. The second kappa shape index (κ2) is 13.2. The lowest BCUT2D eigenvalue weighted by molar-refractivity contribution is -0.145. The van der Waals surface area contributed by atoms with E-state index >= 15 is 0 Å². The van der Waals surface area contributed by atoms with Gasteiger partial charge in [-0.05, 0) is 57.2 Å². The molecule has 0 bridgehead atoms. The predicted octanol–water partition coefficient (Wildman–Crippen LogP) is 5.19. The number of allylic oxidation sites excluding steroid dienone is 3. The molecule has 3 N–H and O–H groups in total. The molecule has 1 saturated carbocycles. The zero-order valence-electron chi connectivity index (χ0n) is 23.7. The maximum absolute atomic E-state index is 14.1. The van der Waals surface area contributed by atoms with Crippen molar-refractivity contribution in [2.45, 2.75) is 95.4 Å². The number of carboxylic acids is 1. The minimum absolute atomic E-state index is 0.0806. The van der Waals surface area contributed by atoms with Crippen LogP contribution in [0.2, 0.25) is 0 Å². The standard InChI is InChI=1S/C32H43N3O5/c1-4-14-22(3)28(5-2)40-25-19-27-29(36)34-32(31(38)39)20-23(32)15-10-7-6-8-13-18-26(30(37)35(27)21-25)33-24-16-11-9-12-17-24/h4-5,9,11-12,14,16-17,23,25-27,33H,3,6-8,10,13,15,18-21H2,1-2H3,(H,34,36)(H,38,39)/b14-4-,28-5+/t23-,25-,26+,27+,32-/m1/s1. The number of carbonyl (C=O) groups excluding carboxylic acids is 2. The summed E-state index contributed by atoms with van der Waals surface area (Å²) in [5, 5.41) is 16.3. The van der Waals surface area contributed by atoms with Gasteiger partial charge < -0.3 is 25.4 Å². The van der Waals surface area contributed by atoms with Crippen molar-refractivity contribution in [1.82, 2.24) is 10.2 Å². The highest BCUT2D eigenvalue weighted by Gasteiger charge is 2.62. The Kier molecular flexibility index (Phi) is 9.71. The second-order valence-electron chi connectivity index (χ2n) is 11.2. The van der Waals surface area contributed by atoms with Gasteiger partial charge in [-0.3, -0.25) is 9.59 Å². The number of amides is 2. The Labute approximate surface area is 237 Å². The Morgan fingerprint density at radius 1 is 1.12 bits per heavy atom. The Bertz CT molecular complexity index is 1150. The van der Waals surface area contributed by atoms with E-state index in [4.69, 9.17) is 4.74 Å². The van der Waals surface area contributed by atoms with Crippen LogP contribution >= 0.6 is 0 Å². The van der Waals surface area contributed by atoms with E-state index in [1.54, 1.807) is 4.90 Å². The van der Waals surface area contributed by atoms with E-state index < -0.39 is 35.6 Å². The van der Waals surface area contributed by atoms with Crippen molar-refractivity contribution in [3.63, 3.8) is 0 Å². The first kappa shape index (κ1) is 29.4. The van der Waals surface area contributed by atoms with Gasteiger partial charge in [0.05, 0.1) is 6.54 Å². The lowest BCUT2D eigenvalue weighted by Crippen LogP contribution is -2.55. The van der Waals surface area contributed by atoms with Gasteiger partial charge in [-0.1, -0.05) is 69.0 Å². The number of fused-ring (bicyclic) bond motifs is 2. The van der Waals surface area contributed by atoms with Crippen LogP contribution in [0.25, 0.3) is 0 Å². The van der Waals surface area contributed by atoms with Crippen LogP contribution < -0.4 is 10.6 Å². The van der Waals surface area contributed by atoms with Crippen LogP contribution in [0.3, 0.4) is 0 Å². The molecule has 0 unspecified atom stereocenters. The fourth-order valence-electron chi connectivity index (χ4n) is 6.08. The number of rotatable bonds is 7. The molecule has 40 heavy (non-hydrogen) atoms. The van der Waals surface area contributed by atoms with E-state index in [1.165, 1.54) is 0 Å². The number of carboxylic acid groups (broad SMARTS) is 1. The van der Waals surface area contributed by atoms with Crippen LogP contribution in [-0.2, 0) is 19.1 Å². The quantitative estimate of drug-likeness (QED) is 0.319. The van der Waals surface area contributed by atoms with E-state index in [1.807, 2.05) is 62.4 Å². The van der Waals surface area contributed by atoms with E-state index in [0.717, 1.165) is 44.2 Å². The van der Waals surface area contributed by atoms with Crippen LogP contribution in [0.15, 0.2) is 66.5 Å². The van der Waals surface area contributed by atoms with Crippen LogP contribution in [0.1, 0.15) is 71.6 Å². The molecule has 0 aromatic heterocycles. The first-order valence-corrected chi connectivity index (χ1v) is 14.6. The summed E-state index contributed by atoms with van der Waals surface area (Å²) in [5.74, 6) is -1.07. The molecule has 0 spiro atoms. The number of nitrogens with one attached hydrogen (secondary N) is 2. The van der Waals surface area contributed by atoms with Crippen LogP contribution in [0, 0.1) is 5.92 Å². The summed E-state index contributed by atoms with van der Waals surface area (Å²) in [4.78, 5) is 41.8. The average Bonchev–Trinajstić information content (AvgIpc) is 3.47.